The minimum atomic E-state index is -0.226. The second-order valence-electron chi connectivity index (χ2n) is 3.38. The molecule has 0 atom stereocenters. The van der Waals surface area contributed by atoms with E-state index in [0.717, 1.165) is 21.5 Å². The molecule has 0 amide bonds. The van der Waals surface area contributed by atoms with Gasteiger partial charge in [-0.15, -0.1) is 0 Å². The van der Waals surface area contributed by atoms with Crippen LogP contribution in [0.3, 0.4) is 0 Å². The van der Waals surface area contributed by atoms with Gasteiger partial charge >= 0.3 is 0 Å². The summed E-state index contributed by atoms with van der Waals surface area (Å²) in [6.07, 6.45) is 1.88. The van der Waals surface area contributed by atoms with Crippen molar-refractivity contribution < 1.29 is 4.39 Å². The fraction of sp³-hybridized carbons (Fsp3) is 0.182. The Bertz CT molecular complexity index is 496. The molecule has 0 bridgehead atoms. The quantitative estimate of drug-likeness (QED) is 0.875. The van der Waals surface area contributed by atoms with Gasteiger partial charge in [0, 0.05) is 16.3 Å². The number of aromatic nitrogens is 2. The van der Waals surface area contributed by atoms with Crippen LogP contribution in [0, 0.1) is 9.39 Å². The number of rotatable bonds is 3. The van der Waals surface area contributed by atoms with E-state index in [-0.39, 0.29) is 5.82 Å². The first-order chi connectivity index (χ1) is 7.70. The van der Waals surface area contributed by atoms with E-state index in [0.29, 0.717) is 0 Å². The molecule has 84 valence electrons. The van der Waals surface area contributed by atoms with Crippen molar-refractivity contribution in [3.8, 4) is 5.69 Å². The minimum Gasteiger partial charge on any atom is -0.314 e. The van der Waals surface area contributed by atoms with Crippen LogP contribution < -0.4 is 5.32 Å². The first-order valence-electron chi connectivity index (χ1n) is 4.85. The zero-order valence-electron chi connectivity index (χ0n) is 8.74. The predicted octanol–water partition coefficient (Wildman–Crippen LogP) is 2.34. The number of nitrogens with zero attached hydrogens (tertiary/aromatic N) is 2. The highest BCUT2D eigenvalue weighted by molar-refractivity contribution is 14.1. The van der Waals surface area contributed by atoms with Crippen molar-refractivity contribution in [3.63, 3.8) is 0 Å². The van der Waals surface area contributed by atoms with E-state index in [1.54, 1.807) is 10.7 Å². The Kier molecular flexibility index (Phi) is 3.55. The Morgan fingerprint density at radius 3 is 2.94 bits per heavy atom. The molecule has 2 rings (SSSR count). The van der Waals surface area contributed by atoms with Gasteiger partial charge in [0.2, 0.25) is 0 Å². The maximum atomic E-state index is 12.9. The van der Waals surface area contributed by atoms with Crippen molar-refractivity contribution in [2.24, 2.45) is 0 Å². The topological polar surface area (TPSA) is 29.9 Å². The number of hydrogen-bond donors (Lipinski definition) is 1. The number of benzene rings is 1. The van der Waals surface area contributed by atoms with Gasteiger partial charge in [0.15, 0.2) is 0 Å². The lowest BCUT2D eigenvalue weighted by Crippen LogP contribution is -2.06. The maximum absolute atomic E-state index is 12.9. The molecule has 1 heterocycles. The maximum Gasteiger partial charge on any atom is 0.124 e. The molecular weight excluding hydrogens is 320 g/mol. The molecule has 3 nitrogen and oxygen atoms in total. The molecule has 0 saturated carbocycles. The summed E-state index contributed by atoms with van der Waals surface area (Å²) in [6, 6.07) is 6.61. The molecule has 16 heavy (non-hydrogen) atoms. The third kappa shape index (κ3) is 2.41. The van der Waals surface area contributed by atoms with Crippen LogP contribution in [0.25, 0.3) is 5.69 Å². The van der Waals surface area contributed by atoms with Crippen molar-refractivity contribution in [3.05, 3.63) is 45.5 Å². The number of hydrogen-bond acceptors (Lipinski definition) is 2. The Hall–Kier alpha value is -0.950. The van der Waals surface area contributed by atoms with E-state index in [1.165, 1.54) is 12.1 Å². The van der Waals surface area contributed by atoms with Crippen LogP contribution in [0.1, 0.15) is 5.69 Å². The smallest absolute Gasteiger partial charge is 0.124 e. The molecule has 0 fully saturated rings. The van der Waals surface area contributed by atoms with Crippen LogP contribution in [0.4, 0.5) is 4.39 Å². The van der Waals surface area contributed by atoms with Crippen LogP contribution in [-0.2, 0) is 6.54 Å². The Balaban J connectivity index is 2.35. The van der Waals surface area contributed by atoms with Gasteiger partial charge in [0.1, 0.15) is 5.82 Å². The van der Waals surface area contributed by atoms with Crippen LogP contribution in [0.15, 0.2) is 30.5 Å². The fourth-order valence-electron chi connectivity index (χ4n) is 1.44. The summed E-state index contributed by atoms with van der Waals surface area (Å²) < 4.78 is 15.5. The molecule has 2 aromatic rings. The monoisotopic (exact) mass is 331 g/mol. The van der Waals surface area contributed by atoms with E-state index in [1.807, 2.05) is 19.3 Å². The predicted molar refractivity (Wildman–Crippen MR) is 69.0 cm³/mol. The second kappa shape index (κ2) is 4.92. The van der Waals surface area contributed by atoms with Gasteiger partial charge in [-0.3, -0.25) is 0 Å². The molecule has 0 aliphatic heterocycles. The minimum absolute atomic E-state index is 0.226. The summed E-state index contributed by atoms with van der Waals surface area (Å²) in [5, 5.41) is 7.42. The van der Waals surface area contributed by atoms with Crippen LogP contribution in [0.5, 0.6) is 0 Å². The number of nitrogens with one attached hydrogen (secondary N) is 1. The van der Waals surface area contributed by atoms with Crippen molar-refractivity contribution in [2.75, 3.05) is 7.05 Å². The standard InChI is InChI=1S/C11H11FIN3/c1-14-7-9-4-5-16(15-9)11-3-2-8(12)6-10(11)13/h2-6,14H,7H2,1H3. The molecule has 0 saturated heterocycles. The summed E-state index contributed by atoms with van der Waals surface area (Å²) in [5.74, 6) is -0.226. The fourth-order valence-corrected chi connectivity index (χ4v) is 2.16. The van der Waals surface area contributed by atoms with Gasteiger partial charge in [-0.2, -0.15) is 5.10 Å². The van der Waals surface area contributed by atoms with E-state index < -0.39 is 0 Å². The van der Waals surface area contributed by atoms with Crippen molar-refractivity contribution in [1.82, 2.24) is 15.1 Å². The lowest BCUT2D eigenvalue weighted by atomic mass is 10.3. The molecule has 1 aromatic carbocycles. The highest BCUT2D eigenvalue weighted by Gasteiger charge is 2.05. The SMILES string of the molecule is CNCc1ccn(-c2ccc(F)cc2I)n1. The van der Waals surface area contributed by atoms with Crippen LogP contribution >= 0.6 is 22.6 Å². The van der Waals surface area contributed by atoms with Gasteiger partial charge in [0.25, 0.3) is 0 Å². The van der Waals surface area contributed by atoms with E-state index in [2.05, 4.69) is 33.0 Å². The highest BCUT2D eigenvalue weighted by atomic mass is 127. The summed E-state index contributed by atoms with van der Waals surface area (Å²) in [4.78, 5) is 0. The molecule has 1 N–H and O–H groups in total. The third-order valence-electron chi connectivity index (χ3n) is 2.16. The molecule has 0 spiro atoms. The Labute approximate surface area is 107 Å². The molecule has 1 aromatic heterocycles. The molecule has 0 aliphatic carbocycles. The summed E-state index contributed by atoms with van der Waals surface area (Å²) in [5.41, 5.74) is 1.85. The largest absolute Gasteiger partial charge is 0.314 e. The zero-order chi connectivity index (χ0) is 11.5. The summed E-state index contributed by atoms with van der Waals surface area (Å²) in [6.45, 7) is 0.727. The Morgan fingerprint density at radius 1 is 1.44 bits per heavy atom. The van der Waals surface area contributed by atoms with Gasteiger partial charge in [-0.25, -0.2) is 9.07 Å². The molecule has 0 aliphatic rings. The molecular formula is C11H11FIN3. The van der Waals surface area contributed by atoms with E-state index in [9.17, 15) is 4.39 Å². The molecule has 5 heteroatoms. The van der Waals surface area contributed by atoms with E-state index in [4.69, 9.17) is 0 Å². The lowest BCUT2D eigenvalue weighted by Gasteiger charge is -2.04. The summed E-state index contributed by atoms with van der Waals surface area (Å²) >= 11 is 2.10. The van der Waals surface area contributed by atoms with Gasteiger partial charge < -0.3 is 5.32 Å². The normalized spacial score (nSPS) is 10.7. The third-order valence-corrected chi connectivity index (χ3v) is 3.02. The Morgan fingerprint density at radius 2 is 2.25 bits per heavy atom. The zero-order valence-corrected chi connectivity index (χ0v) is 10.9. The van der Waals surface area contributed by atoms with Gasteiger partial charge in [-0.1, -0.05) is 0 Å². The first-order valence-corrected chi connectivity index (χ1v) is 5.93. The molecule has 0 radical (unpaired) electrons. The first kappa shape index (κ1) is 11.5. The van der Waals surface area contributed by atoms with Gasteiger partial charge in [-0.05, 0) is 53.9 Å². The summed E-state index contributed by atoms with van der Waals surface area (Å²) in [7, 11) is 1.88. The highest BCUT2D eigenvalue weighted by Crippen LogP contribution is 2.17. The van der Waals surface area contributed by atoms with Crippen molar-refractivity contribution >= 4 is 22.6 Å². The molecule has 0 unspecified atom stereocenters. The lowest BCUT2D eigenvalue weighted by molar-refractivity contribution is 0.625. The van der Waals surface area contributed by atoms with Crippen LogP contribution in [0.2, 0.25) is 0 Å². The van der Waals surface area contributed by atoms with E-state index >= 15 is 0 Å². The average Bonchev–Trinajstić information content (AvgIpc) is 2.67. The second-order valence-corrected chi connectivity index (χ2v) is 4.54. The van der Waals surface area contributed by atoms with Crippen molar-refractivity contribution in [1.29, 1.82) is 0 Å². The van der Waals surface area contributed by atoms with Crippen molar-refractivity contribution in [2.45, 2.75) is 6.54 Å². The number of halogens is 2. The van der Waals surface area contributed by atoms with Gasteiger partial charge in [0.05, 0.1) is 11.4 Å². The van der Waals surface area contributed by atoms with Crippen LogP contribution in [-0.4, -0.2) is 16.8 Å². The average molecular weight is 331 g/mol.